The standard InChI is InChI=1S/C29H31N3O4/c1-7-29(34,35-6)36-21-10-13-24(25(33)16-21)28-31-26(22-11-8-17(2)14-19(22)4)30-27(32-28)23-12-9-18(3)15-20(23)5/h8-16,33-34H,7H2,1-6H3. The number of benzene rings is 3. The molecule has 0 spiro atoms. The van der Waals surface area contributed by atoms with Crippen LogP contribution in [-0.4, -0.2) is 38.2 Å². The van der Waals surface area contributed by atoms with Crippen LogP contribution in [-0.2, 0) is 4.74 Å². The fourth-order valence-corrected chi connectivity index (χ4v) is 4.07. The Labute approximate surface area is 211 Å². The van der Waals surface area contributed by atoms with Crippen LogP contribution in [0, 0.1) is 27.7 Å². The molecule has 0 radical (unpaired) electrons. The van der Waals surface area contributed by atoms with Crippen molar-refractivity contribution in [2.45, 2.75) is 47.0 Å². The van der Waals surface area contributed by atoms with Gasteiger partial charge in [0.05, 0.1) is 5.56 Å². The van der Waals surface area contributed by atoms with Crippen LogP contribution in [0.15, 0.2) is 54.6 Å². The van der Waals surface area contributed by atoms with Gasteiger partial charge >= 0.3 is 5.97 Å². The number of hydrogen-bond acceptors (Lipinski definition) is 7. The summed E-state index contributed by atoms with van der Waals surface area (Å²) in [5, 5.41) is 21.2. The zero-order valence-corrected chi connectivity index (χ0v) is 21.5. The van der Waals surface area contributed by atoms with Gasteiger partial charge in [-0.15, -0.1) is 0 Å². The highest BCUT2D eigenvalue weighted by Crippen LogP contribution is 2.35. The number of ether oxygens (including phenoxy) is 2. The summed E-state index contributed by atoms with van der Waals surface area (Å²) >= 11 is 0. The van der Waals surface area contributed by atoms with Gasteiger partial charge in [-0.3, -0.25) is 0 Å². The Bertz CT molecular complexity index is 1340. The van der Waals surface area contributed by atoms with Gasteiger partial charge in [0.25, 0.3) is 0 Å². The van der Waals surface area contributed by atoms with Crippen molar-refractivity contribution in [2.75, 3.05) is 7.11 Å². The third kappa shape index (κ3) is 5.22. The molecule has 3 aromatic carbocycles. The SMILES string of the molecule is CCC(O)(OC)Oc1ccc(-c2nc(-c3ccc(C)cc3C)nc(-c3ccc(C)cc3C)n2)c(O)c1. The van der Waals surface area contributed by atoms with Crippen LogP contribution in [0.1, 0.15) is 35.6 Å². The summed E-state index contributed by atoms with van der Waals surface area (Å²) in [5.41, 5.74) is 6.59. The first-order valence-electron chi connectivity index (χ1n) is 11.8. The number of rotatable bonds is 7. The molecule has 1 atom stereocenters. The third-order valence-electron chi connectivity index (χ3n) is 6.13. The lowest BCUT2D eigenvalue weighted by Gasteiger charge is -2.25. The Balaban J connectivity index is 1.87. The van der Waals surface area contributed by atoms with Crippen LogP contribution in [0.3, 0.4) is 0 Å². The summed E-state index contributed by atoms with van der Waals surface area (Å²) in [5.74, 6) is -0.254. The van der Waals surface area contributed by atoms with Gasteiger partial charge in [-0.05, 0) is 51.0 Å². The number of methoxy groups -OCH3 is 1. The molecule has 0 aliphatic heterocycles. The quantitative estimate of drug-likeness (QED) is 0.315. The molecule has 1 heterocycles. The van der Waals surface area contributed by atoms with E-state index in [9.17, 15) is 10.2 Å². The molecule has 0 fully saturated rings. The molecule has 0 bridgehead atoms. The number of aromatic hydroxyl groups is 1. The first-order chi connectivity index (χ1) is 17.1. The van der Waals surface area contributed by atoms with E-state index in [4.69, 9.17) is 24.4 Å². The minimum absolute atomic E-state index is 0.0913. The maximum absolute atomic E-state index is 10.9. The summed E-state index contributed by atoms with van der Waals surface area (Å²) in [7, 11) is 1.35. The van der Waals surface area contributed by atoms with E-state index in [-0.39, 0.29) is 17.9 Å². The van der Waals surface area contributed by atoms with Crippen molar-refractivity contribution in [2.24, 2.45) is 0 Å². The Morgan fingerprint density at radius 3 is 1.61 bits per heavy atom. The predicted octanol–water partition coefficient (Wildman–Crippen LogP) is 5.89. The molecule has 1 aromatic heterocycles. The number of phenolic OH excluding ortho intramolecular Hbond substituents is 1. The van der Waals surface area contributed by atoms with Gasteiger partial charge in [-0.25, -0.2) is 15.0 Å². The highest BCUT2D eigenvalue weighted by Gasteiger charge is 2.27. The number of aromatic nitrogens is 3. The maximum Gasteiger partial charge on any atom is 0.323 e. The van der Waals surface area contributed by atoms with Crippen LogP contribution in [0.4, 0.5) is 0 Å². The van der Waals surface area contributed by atoms with Crippen molar-refractivity contribution in [1.82, 2.24) is 15.0 Å². The van der Waals surface area contributed by atoms with E-state index in [0.29, 0.717) is 23.0 Å². The molecule has 186 valence electrons. The van der Waals surface area contributed by atoms with Crippen molar-refractivity contribution in [3.8, 4) is 45.7 Å². The van der Waals surface area contributed by atoms with Gasteiger partial charge in [0.15, 0.2) is 17.5 Å². The second-order valence-electron chi connectivity index (χ2n) is 8.99. The average molecular weight is 486 g/mol. The number of phenols is 1. The second-order valence-corrected chi connectivity index (χ2v) is 8.99. The normalized spacial score (nSPS) is 12.9. The van der Waals surface area contributed by atoms with Gasteiger partial charge in [-0.1, -0.05) is 54.4 Å². The van der Waals surface area contributed by atoms with Crippen molar-refractivity contribution < 1.29 is 19.7 Å². The van der Waals surface area contributed by atoms with Crippen LogP contribution in [0.5, 0.6) is 11.5 Å². The van der Waals surface area contributed by atoms with Gasteiger partial charge < -0.3 is 19.7 Å². The summed E-state index contributed by atoms with van der Waals surface area (Å²) < 4.78 is 10.6. The average Bonchev–Trinajstić information content (AvgIpc) is 2.83. The van der Waals surface area contributed by atoms with E-state index in [0.717, 1.165) is 33.4 Å². The Morgan fingerprint density at radius 1 is 0.722 bits per heavy atom. The lowest BCUT2D eigenvalue weighted by molar-refractivity contribution is -0.308. The van der Waals surface area contributed by atoms with Crippen LogP contribution in [0.25, 0.3) is 34.2 Å². The van der Waals surface area contributed by atoms with Gasteiger partial charge in [0.2, 0.25) is 0 Å². The smallest absolute Gasteiger partial charge is 0.323 e. The Kier molecular flexibility index (Phi) is 7.06. The summed E-state index contributed by atoms with van der Waals surface area (Å²) in [6.45, 7) is 9.86. The summed E-state index contributed by atoms with van der Waals surface area (Å²) in [4.78, 5) is 14.3. The molecule has 4 rings (SSSR count). The predicted molar refractivity (Wildman–Crippen MR) is 140 cm³/mol. The number of hydrogen-bond donors (Lipinski definition) is 2. The van der Waals surface area contributed by atoms with E-state index < -0.39 is 5.97 Å². The third-order valence-corrected chi connectivity index (χ3v) is 6.13. The van der Waals surface area contributed by atoms with Crippen LogP contribution >= 0.6 is 0 Å². The minimum atomic E-state index is -1.78. The molecule has 0 saturated carbocycles. The van der Waals surface area contributed by atoms with Crippen molar-refractivity contribution in [3.05, 3.63) is 76.9 Å². The molecule has 0 aliphatic rings. The van der Waals surface area contributed by atoms with Gasteiger partial charge in [-0.2, -0.15) is 0 Å². The fraction of sp³-hybridized carbons (Fsp3) is 0.276. The zero-order chi connectivity index (χ0) is 26.0. The van der Waals surface area contributed by atoms with E-state index >= 15 is 0 Å². The minimum Gasteiger partial charge on any atom is -0.507 e. The molecule has 0 saturated heterocycles. The van der Waals surface area contributed by atoms with Crippen molar-refractivity contribution in [3.63, 3.8) is 0 Å². The van der Waals surface area contributed by atoms with Crippen molar-refractivity contribution >= 4 is 0 Å². The van der Waals surface area contributed by atoms with Gasteiger partial charge in [0.1, 0.15) is 11.5 Å². The molecule has 4 aromatic rings. The maximum atomic E-state index is 10.9. The highest BCUT2D eigenvalue weighted by molar-refractivity contribution is 5.72. The first-order valence-corrected chi connectivity index (χ1v) is 11.8. The number of aliphatic hydroxyl groups is 1. The lowest BCUT2D eigenvalue weighted by atomic mass is 10.0. The summed E-state index contributed by atoms with van der Waals surface area (Å²) in [6, 6.07) is 16.9. The largest absolute Gasteiger partial charge is 0.507 e. The van der Waals surface area contributed by atoms with E-state index in [2.05, 4.69) is 12.1 Å². The molecule has 1 unspecified atom stereocenters. The molecular weight excluding hydrogens is 454 g/mol. The van der Waals surface area contributed by atoms with Crippen LogP contribution < -0.4 is 4.74 Å². The lowest BCUT2D eigenvalue weighted by Crippen LogP contribution is -2.37. The number of aryl methyl sites for hydroxylation is 4. The molecule has 0 amide bonds. The van der Waals surface area contributed by atoms with Gasteiger partial charge in [0, 0.05) is 30.7 Å². The van der Waals surface area contributed by atoms with Crippen LogP contribution in [0.2, 0.25) is 0 Å². The highest BCUT2D eigenvalue weighted by atomic mass is 16.8. The fourth-order valence-electron chi connectivity index (χ4n) is 4.07. The molecule has 0 aliphatic carbocycles. The Hall–Kier alpha value is -3.81. The zero-order valence-electron chi connectivity index (χ0n) is 21.5. The topological polar surface area (TPSA) is 97.6 Å². The van der Waals surface area contributed by atoms with E-state index in [1.807, 2.05) is 52.0 Å². The molecule has 7 heteroatoms. The molecule has 7 nitrogen and oxygen atoms in total. The Morgan fingerprint density at radius 2 is 1.19 bits per heavy atom. The van der Waals surface area contributed by atoms with Crippen molar-refractivity contribution in [1.29, 1.82) is 0 Å². The second kappa shape index (κ2) is 10.0. The molecular formula is C29H31N3O4. The van der Waals surface area contributed by atoms with E-state index in [1.54, 1.807) is 19.1 Å². The summed E-state index contributed by atoms with van der Waals surface area (Å²) in [6.07, 6.45) is 0.206. The molecule has 2 N–H and O–H groups in total. The van der Waals surface area contributed by atoms with E-state index in [1.165, 1.54) is 13.2 Å². The first kappa shape index (κ1) is 25.3. The number of nitrogens with zero attached hydrogens (tertiary/aromatic N) is 3. The monoisotopic (exact) mass is 485 g/mol. The molecule has 36 heavy (non-hydrogen) atoms.